The van der Waals surface area contributed by atoms with Crippen LogP contribution in [-0.4, -0.2) is 30.3 Å². The Morgan fingerprint density at radius 3 is 2.37 bits per heavy atom. The van der Waals surface area contributed by atoms with Crippen LogP contribution in [-0.2, 0) is 9.53 Å². The summed E-state index contributed by atoms with van der Waals surface area (Å²) in [5, 5.41) is -0.0235. The number of hydrogen-bond donors (Lipinski definition) is 0. The summed E-state index contributed by atoms with van der Waals surface area (Å²) >= 11 is 1.70. The Kier molecular flexibility index (Phi) is 12.6. The number of unbranched alkanes of at least 4 members (excludes halogenated alkanes) is 4. The fraction of sp³-hybridized carbons (Fsp3) is 0.933. The lowest BCUT2D eigenvalue weighted by Crippen LogP contribution is -2.22. The lowest BCUT2D eigenvalue weighted by atomic mass is 10.2. The Hall–Kier alpha value is -0.250. The van der Waals surface area contributed by atoms with Crippen molar-refractivity contribution in [3.8, 4) is 0 Å². The van der Waals surface area contributed by atoms with E-state index in [9.17, 15) is 9.18 Å². The molecule has 0 aromatic rings. The van der Waals surface area contributed by atoms with Gasteiger partial charge in [0.2, 0.25) is 0 Å². The Bertz CT molecular complexity index is 222. The van der Waals surface area contributed by atoms with E-state index in [4.69, 9.17) is 4.74 Å². The van der Waals surface area contributed by atoms with Gasteiger partial charge in [0.25, 0.3) is 0 Å². The Morgan fingerprint density at radius 2 is 1.79 bits per heavy atom. The molecule has 0 aromatic carbocycles. The van der Waals surface area contributed by atoms with Crippen molar-refractivity contribution in [2.45, 2.75) is 64.5 Å². The molecule has 4 heteroatoms. The van der Waals surface area contributed by atoms with Crippen molar-refractivity contribution < 1.29 is 13.9 Å². The standard InChI is InChI=1S/C15H29FO2S/c1-4-14(15(17)18-12-13(2)3)19-11-9-7-5-6-8-10-16/h13-14H,4-12H2,1-3H3. The predicted octanol–water partition coefficient (Wildman–Crippen LogP) is 4.62. The first-order valence-corrected chi connectivity index (χ1v) is 8.50. The topological polar surface area (TPSA) is 26.3 Å². The molecule has 0 bridgehead atoms. The van der Waals surface area contributed by atoms with Gasteiger partial charge >= 0.3 is 5.97 Å². The summed E-state index contributed by atoms with van der Waals surface area (Å²) in [4.78, 5) is 11.8. The van der Waals surface area contributed by atoms with Crippen LogP contribution in [0, 0.1) is 5.92 Å². The Balaban J connectivity index is 3.60. The van der Waals surface area contributed by atoms with E-state index in [-0.39, 0.29) is 17.9 Å². The zero-order valence-corrected chi connectivity index (χ0v) is 13.4. The second-order valence-electron chi connectivity index (χ2n) is 5.25. The van der Waals surface area contributed by atoms with E-state index in [2.05, 4.69) is 0 Å². The average molecular weight is 292 g/mol. The summed E-state index contributed by atoms with van der Waals surface area (Å²) < 4.78 is 17.1. The highest BCUT2D eigenvalue weighted by molar-refractivity contribution is 8.00. The number of carbonyl (C=O) groups excluding carboxylic acids is 1. The SMILES string of the molecule is CCC(SCCCCCCCF)C(=O)OCC(C)C. The molecular formula is C15H29FO2S. The number of esters is 1. The number of halogens is 1. The molecular weight excluding hydrogens is 263 g/mol. The van der Waals surface area contributed by atoms with E-state index in [0.29, 0.717) is 18.9 Å². The van der Waals surface area contributed by atoms with Crippen molar-refractivity contribution in [2.24, 2.45) is 5.92 Å². The van der Waals surface area contributed by atoms with Crippen LogP contribution < -0.4 is 0 Å². The van der Waals surface area contributed by atoms with E-state index in [1.807, 2.05) is 20.8 Å². The number of carbonyl (C=O) groups is 1. The normalized spacial score (nSPS) is 12.7. The molecule has 0 amide bonds. The highest BCUT2D eigenvalue weighted by atomic mass is 32.2. The average Bonchev–Trinajstić information content (AvgIpc) is 2.39. The molecule has 0 N–H and O–H groups in total. The van der Waals surface area contributed by atoms with Gasteiger partial charge in [-0.15, -0.1) is 11.8 Å². The summed E-state index contributed by atoms with van der Waals surface area (Å²) in [5.41, 5.74) is 0. The molecule has 1 unspecified atom stereocenters. The quantitative estimate of drug-likeness (QED) is 0.388. The van der Waals surface area contributed by atoms with E-state index < -0.39 is 0 Å². The van der Waals surface area contributed by atoms with Crippen molar-refractivity contribution in [3.63, 3.8) is 0 Å². The summed E-state index contributed by atoms with van der Waals surface area (Å²) in [6.45, 7) is 6.42. The number of ether oxygens (including phenoxy) is 1. The minimum absolute atomic E-state index is 0.0235. The van der Waals surface area contributed by atoms with Crippen LogP contribution >= 0.6 is 11.8 Å². The van der Waals surface area contributed by atoms with Crippen LogP contribution in [0.25, 0.3) is 0 Å². The molecule has 114 valence electrons. The number of thioether (sulfide) groups is 1. The van der Waals surface area contributed by atoms with Gasteiger partial charge in [0.15, 0.2) is 0 Å². The van der Waals surface area contributed by atoms with Gasteiger partial charge in [0, 0.05) is 0 Å². The fourth-order valence-electron chi connectivity index (χ4n) is 1.65. The van der Waals surface area contributed by atoms with Crippen LogP contribution in [0.5, 0.6) is 0 Å². The largest absolute Gasteiger partial charge is 0.465 e. The Morgan fingerprint density at radius 1 is 1.16 bits per heavy atom. The van der Waals surface area contributed by atoms with Crippen LogP contribution in [0.2, 0.25) is 0 Å². The minimum Gasteiger partial charge on any atom is -0.465 e. The summed E-state index contributed by atoms with van der Waals surface area (Å²) in [5.74, 6) is 1.31. The molecule has 0 spiro atoms. The van der Waals surface area contributed by atoms with Crippen LogP contribution in [0.1, 0.15) is 59.3 Å². The predicted molar refractivity (Wildman–Crippen MR) is 81.4 cm³/mol. The first kappa shape index (κ1) is 18.8. The molecule has 0 aliphatic carbocycles. The maximum atomic E-state index is 11.9. The summed E-state index contributed by atoms with van der Waals surface area (Å²) in [6.07, 6.45) is 5.82. The van der Waals surface area contributed by atoms with E-state index in [1.165, 1.54) is 0 Å². The van der Waals surface area contributed by atoms with Gasteiger partial charge in [-0.3, -0.25) is 9.18 Å². The molecule has 19 heavy (non-hydrogen) atoms. The van der Waals surface area contributed by atoms with Gasteiger partial charge in [-0.05, 0) is 30.9 Å². The van der Waals surface area contributed by atoms with Gasteiger partial charge in [-0.2, -0.15) is 0 Å². The van der Waals surface area contributed by atoms with Crippen LogP contribution in [0.15, 0.2) is 0 Å². The fourth-order valence-corrected chi connectivity index (χ4v) is 2.74. The van der Waals surface area contributed by atoms with Gasteiger partial charge in [-0.1, -0.05) is 40.0 Å². The third-order valence-corrected chi connectivity index (χ3v) is 4.24. The summed E-state index contributed by atoms with van der Waals surface area (Å²) in [7, 11) is 0. The second-order valence-corrected chi connectivity index (χ2v) is 6.56. The molecule has 1 atom stereocenters. The highest BCUT2D eigenvalue weighted by Crippen LogP contribution is 2.19. The van der Waals surface area contributed by atoms with Crippen molar-refractivity contribution in [1.82, 2.24) is 0 Å². The van der Waals surface area contributed by atoms with Gasteiger partial charge in [-0.25, -0.2) is 0 Å². The monoisotopic (exact) mass is 292 g/mol. The molecule has 0 rings (SSSR count). The van der Waals surface area contributed by atoms with E-state index in [0.717, 1.165) is 37.9 Å². The lowest BCUT2D eigenvalue weighted by molar-refractivity contribution is -0.144. The number of rotatable bonds is 12. The maximum absolute atomic E-state index is 11.9. The van der Waals surface area contributed by atoms with Crippen molar-refractivity contribution in [2.75, 3.05) is 19.0 Å². The number of alkyl halides is 1. The molecule has 0 aliphatic heterocycles. The first-order valence-electron chi connectivity index (χ1n) is 7.46. The van der Waals surface area contributed by atoms with Gasteiger partial charge in [0.1, 0.15) is 5.25 Å². The third kappa shape index (κ3) is 11.3. The zero-order valence-electron chi connectivity index (χ0n) is 12.6. The molecule has 2 nitrogen and oxygen atoms in total. The molecule has 0 aliphatic rings. The molecule has 0 radical (unpaired) electrons. The van der Waals surface area contributed by atoms with Crippen LogP contribution in [0.3, 0.4) is 0 Å². The van der Waals surface area contributed by atoms with Gasteiger partial charge < -0.3 is 4.74 Å². The summed E-state index contributed by atoms with van der Waals surface area (Å²) in [6, 6.07) is 0. The minimum atomic E-state index is -0.200. The van der Waals surface area contributed by atoms with Crippen LogP contribution in [0.4, 0.5) is 4.39 Å². The Labute approximate surface area is 121 Å². The second kappa shape index (κ2) is 12.8. The van der Waals surface area contributed by atoms with Crippen molar-refractivity contribution in [3.05, 3.63) is 0 Å². The van der Waals surface area contributed by atoms with Crippen molar-refractivity contribution >= 4 is 17.7 Å². The molecule has 0 fully saturated rings. The lowest BCUT2D eigenvalue weighted by Gasteiger charge is -2.14. The number of hydrogen-bond acceptors (Lipinski definition) is 3. The molecule has 0 saturated carbocycles. The van der Waals surface area contributed by atoms with E-state index >= 15 is 0 Å². The maximum Gasteiger partial charge on any atom is 0.319 e. The first-order chi connectivity index (χ1) is 9.11. The molecule has 0 saturated heterocycles. The molecule has 0 aromatic heterocycles. The smallest absolute Gasteiger partial charge is 0.319 e. The van der Waals surface area contributed by atoms with E-state index in [1.54, 1.807) is 11.8 Å². The van der Waals surface area contributed by atoms with Gasteiger partial charge in [0.05, 0.1) is 13.3 Å². The molecule has 0 heterocycles. The zero-order chi connectivity index (χ0) is 14.5. The highest BCUT2D eigenvalue weighted by Gasteiger charge is 2.18. The third-order valence-electron chi connectivity index (χ3n) is 2.79. The van der Waals surface area contributed by atoms with Crippen molar-refractivity contribution in [1.29, 1.82) is 0 Å².